The van der Waals surface area contributed by atoms with Gasteiger partial charge >= 0.3 is 0 Å². The number of aromatic nitrogens is 1. The Hall–Kier alpha value is -8.40. The van der Waals surface area contributed by atoms with Gasteiger partial charge in [0.2, 0.25) is 0 Å². The molecule has 0 radical (unpaired) electrons. The van der Waals surface area contributed by atoms with Gasteiger partial charge in [-0.05, 0) is 134 Å². The number of rotatable bonds is 8. The van der Waals surface area contributed by atoms with Crippen LogP contribution in [0.25, 0.3) is 70.9 Å². The third kappa shape index (κ3) is 6.38. The number of para-hydroxylation sites is 4. The molecular formula is C60H41N3. The van der Waals surface area contributed by atoms with Gasteiger partial charge in [-0.1, -0.05) is 158 Å². The summed E-state index contributed by atoms with van der Waals surface area (Å²) < 4.78 is 2.40. The van der Waals surface area contributed by atoms with Crippen molar-refractivity contribution >= 4 is 88.2 Å². The van der Waals surface area contributed by atoms with E-state index >= 15 is 0 Å². The molecule has 63 heavy (non-hydrogen) atoms. The van der Waals surface area contributed by atoms with E-state index in [1.165, 1.54) is 54.2 Å². The van der Waals surface area contributed by atoms with E-state index in [9.17, 15) is 0 Å². The van der Waals surface area contributed by atoms with Crippen LogP contribution in [0.2, 0.25) is 0 Å². The normalized spacial score (nSPS) is 11.5. The first-order valence-corrected chi connectivity index (χ1v) is 21.6. The average molecular weight is 804 g/mol. The molecule has 1 heterocycles. The van der Waals surface area contributed by atoms with Gasteiger partial charge in [0.25, 0.3) is 0 Å². The molecule has 3 heteroatoms. The van der Waals surface area contributed by atoms with E-state index < -0.39 is 0 Å². The highest BCUT2D eigenvalue weighted by Crippen LogP contribution is 2.46. The Labute approximate surface area is 366 Å². The third-order valence-electron chi connectivity index (χ3n) is 12.4. The van der Waals surface area contributed by atoms with Crippen molar-refractivity contribution in [2.75, 3.05) is 9.80 Å². The fourth-order valence-corrected chi connectivity index (χ4v) is 9.62. The predicted octanol–water partition coefficient (Wildman–Crippen LogP) is 16.8. The summed E-state index contributed by atoms with van der Waals surface area (Å²) in [5.41, 5.74) is 12.2. The average Bonchev–Trinajstić information content (AvgIpc) is 3.68. The number of fused-ring (bicyclic) bond motifs is 7. The molecule has 0 fully saturated rings. The third-order valence-corrected chi connectivity index (χ3v) is 12.4. The van der Waals surface area contributed by atoms with Gasteiger partial charge in [0.15, 0.2) is 0 Å². The molecule has 0 N–H and O–H groups in total. The number of hydrogen-bond donors (Lipinski definition) is 0. The molecule has 12 rings (SSSR count). The van der Waals surface area contributed by atoms with Gasteiger partial charge in [0, 0.05) is 50.6 Å². The van der Waals surface area contributed by atoms with Crippen LogP contribution in [0.3, 0.4) is 0 Å². The molecule has 0 saturated carbocycles. The molecule has 0 saturated heterocycles. The van der Waals surface area contributed by atoms with Gasteiger partial charge in [0.1, 0.15) is 0 Å². The molecule has 0 bridgehead atoms. The smallest absolute Gasteiger partial charge is 0.0561 e. The maximum atomic E-state index is 2.42. The highest BCUT2D eigenvalue weighted by atomic mass is 15.2. The molecular weight excluding hydrogens is 763 g/mol. The lowest BCUT2D eigenvalue weighted by atomic mass is 9.92. The first kappa shape index (κ1) is 36.5. The Morgan fingerprint density at radius 1 is 0.254 bits per heavy atom. The van der Waals surface area contributed by atoms with Crippen molar-refractivity contribution in [1.29, 1.82) is 0 Å². The van der Waals surface area contributed by atoms with Gasteiger partial charge < -0.3 is 14.4 Å². The van der Waals surface area contributed by atoms with Crippen LogP contribution in [-0.4, -0.2) is 4.57 Å². The number of hydrogen-bond acceptors (Lipinski definition) is 2. The van der Waals surface area contributed by atoms with E-state index in [-0.39, 0.29) is 0 Å². The molecule has 296 valence electrons. The Kier molecular flexibility index (Phi) is 8.83. The van der Waals surface area contributed by atoms with Crippen molar-refractivity contribution in [3.05, 3.63) is 249 Å². The van der Waals surface area contributed by atoms with E-state index in [2.05, 4.69) is 263 Å². The van der Waals surface area contributed by atoms with Gasteiger partial charge in [-0.3, -0.25) is 0 Å². The summed E-state index contributed by atoms with van der Waals surface area (Å²) >= 11 is 0. The van der Waals surface area contributed by atoms with Crippen molar-refractivity contribution in [3.8, 4) is 16.8 Å². The van der Waals surface area contributed by atoms with Gasteiger partial charge in [-0.2, -0.15) is 0 Å². The summed E-state index contributed by atoms with van der Waals surface area (Å²) in [6.45, 7) is 0. The van der Waals surface area contributed by atoms with Crippen LogP contribution in [0, 0.1) is 0 Å². The number of anilines is 6. The minimum Gasteiger partial charge on any atom is -0.310 e. The Bertz CT molecular complexity index is 3630. The standard InChI is InChI=1S/C60H41N3/c1-4-21-46(22-5-1)61(49-33-32-42-18-10-11-19-43(42)36-49)51-37-45(58-39-44-20-12-13-27-53(44)54-28-14-15-29-55(54)58)38-52(40-51)62(47-23-6-2-7-24-47)50-34-35-57-56-30-16-17-31-59(56)63(60(57)41-50)48-25-8-3-9-26-48/h1-41H. The van der Waals surface area contributed by atoms with E-state index in [0.29, 0.717) is 0 Å². The monoisotopic (exact) mass is 803 g/mol. The summed E-state index contributed by atoms with van der Waals surface area (Å²) in [4.78, 5) is 4.83. The van der Waals surface area contributed by atoms with Crippen LogP contribution in [0.1, 0.15) is 0 Å². The van der Waals surface area contributed by atoms with Crippen molar-refractivity contribution in [1.82, 2.24) is 4.57 Å². The van der Waals surface area contributed by atoms with Crippen LogP contribution >= 0.6 is 0 Å². The van der Waals surface area contributed by atoms with Gasteiger partial charge in [0.05, 0.1) is 11.0 Å². The van der Waals surface area contributed by atoms with Crippen molar-refractivity contribution in [3.63, 3.8) is 0 Å². The highest BCUT2D eigenvalue weighted by molar-refractivity contribution is 6.14. The molecule has 0 atom stereocenters. The lowest BCUT2D eigenvalue weighted by Crippen LogP contribution is -2.14. The molecule has 0 aliphatic rings. The van der Waals surface area contributed by atoms with Crippen molar-refractivity contribution < 1.29 is 0 Å². The number of benzene rings is 11. The van der Waals surface area contributed by atoms with Crippen molar-refractivity contribution in [2.24, 2.45) is 0 Å². The van der Waals surface area contributed by atoms with Crippen LogP contribution in [-0.2, 0) is 0 Å². The molecule has 0 amide bonds. The SMILES string of the molecule is c1ccc(N(c2cc(-c3cc4ccccc4c4ccccc34)cc(N(c3ccccc3)c3ccc4c5ccccc5n(-c5ccccc5)c4c3)c2)c2ccc3ccccc3c2)cc1. The maximum absolute atomic E-state index is 2.42. The zero-order valence-corrected chi connectivity index (χ0v) is 34.5. The maximum Gasteiger partial charge on any atom is 0.0561 e. The lowest BCUT2D eigenvalue weighted by Gasteiger charge is -2.30. The summed E-state index contributed by atoms with van der Waals surface area (Å²) in [7, 11) is 0. The molecule has 0 aliphatic heterocycles. The van der Waals surface area contributed by atoms with Gasteiger partial charge in [-0.15, -0.1) is 0 Å². The molecule has 12 aromatic rings. The molecule has 1 aromatic heterocycles. The van der Waals surface area contributed by atoms with E-state index in [4.69, 9.17) is 0 Å². The summed E-state index contributed by atoms with van der Waals surface area (Å²) in [5.74, 6) is 0. The van der Waals surface area contributed by atoms with Crippen LogP contribution < -0.4 is 9.80 Å². The minimum atomic E-state index is 1.05. The Morgan fingerprint density at radius 3 is 1.46 bits per heavy atom. The van der Waals surface area contributed by atoms with E-state index in [0.717, 1.165) is 50.9 Å². The second-order valence-electron chi connectivity index (χ2n) is 16.2. The summed E-state index contributed by atoms with van der Waals surface area (Å²) in [6, 6.07) is 90.4. The lowest BCUT2D eigenvalue weighted by molar-refractivity contribution is 1.18. The fourth-order valence-electron chi connectivity index (χ4n) is 9.62. The van der Waals surface area contributed by atoms with Crippen molar-refractivity contribution in [2.45, 2.75) is 0 Å². The van der Waals surface area contributed by atoms with Crippen LogP contribution in [0.15, 0.2) is 249 Å². The van der Waals surface area contributed by atoms with E-state index in [1.807, 2.05) is 0 Å². The topological polar surface area (TPSA) is 11.4 Å². The zero-order chi connectivity index (χ0) is 41.7. The first-order chi connectivity index (χ1) is 31.2. The minimum absolute atomic E-state index is 1.05. The largest absolute Gasteiger partial charge is 0.310 e. The quantitative estimate of drug-likeness (QED) is 0.142. The van der Waals surface area contributed by atoms with Gasteiger partial charge in [-0.25, -0.2) is 0 Å². The fraction of sp³-hybridized carbons (Fsp3) is 0. The molecule has 0 aliphatic carbocycles. The number of nitrogens with zero attached hydrogens (tertiary/aromatic N) is 3. The van der Waals surface area contributed by atoms with Crippen LogP contribution in [0.5, 0.6) is 0 Å². The Balaban J connectivity index is 1.16. The molecule has 3 nitrogen and oxygen atoms in total. The molecule has 0 spiro atoms. The zero-order valence-electron chi connectivity index (χ0n) is 34.5. The second-order valence-corrected chi connectivity index (χ2v) is 16.2. The van der Waals surface area contributed by atoms with Crippen LogP contribution in [0.4, 0.5) is 34.1 Å². The summed E-state index contributed by atoms with van der Waals surface area (Å²) in [5, 5.41) is 9.79. The molecule has 11 aromatic carbocycles. The molecule has 0 unspecified atom stereocenters. The highest BCUT2D eigenvalue weighted by Gasteiger charge is 2.22. The first-order valence-electron chi connectivity index (χ1n) is 21.6. The summed E-state index contributed by atoms with van der Waals surface area (Å²) in [6.07, 6.45) is 0. The van der Waals surface area contributed by atoms with E-state index in [1.54, 1.807) is 0 Å². The predicted molar refractivity (Wildman–Crippen MR) is 268 cm³/mol. The Morgan fingerprint density at radius 2 is 0.762 bits per heavy atom. The second kappa shape index (κ2) is 15.3.